The molecule has 3 aliphatic rings. The first-order valence-corrected chi connectivity index (χ1v) is 16.1. The third kappa shape index (κ3) is 8.09. The lowest BCUT2D eigenvalue weighted by molar-refractivity contribution is -0.136. The highest BCUT2D eigenvalue weighted by Gasteiger charge is 2.38. The molecule has 1 saturated heterocycles. The third-order valence-electron chi connectivity index (χ3n) is 9.47. The largest absolute Gasteiger partial charge is 0.477 e. The van der Waals surface area contributed by atoms with Crippen LogP contribution in [0.3, 0.4) is 0 Å². The zero-order chi connectivity index (χ0) is 33.0. The van der Waals surface area contributed by atoms with Crippen molar-refractivity contribution in [2.75, 3.05) is 26.2 Å². The molecule has 2 bridgehead atoms. The van der Waals surface area contributed by atoms with Gasteiger partial charge in [-0.3, -0.25) is 14.4 Å². The maximum atomic E-state index is 14.0. The second kappa shape index (κ2) is 14.1. The van der Waals surface area contributed by atoms with Gasteiger partial charge in [0.1, 0.15) is 17.4 Å². The van der Waals surface area contributed by atoms with Crippen molar-refractivity contribution in [3.8, 4) is 11.6 Å². The number of halogens is 3. The molecule has 1 aliphatic carbocycles. The summed E-state index contributed by atoms with van der Waals surface area (Å²) >= 11 is 0. The van der Waals surface area contributed by atoms with Crippen LogP contribution in [0.1, 0.15) is 61.0 Å². The molecule has 47 heavy (non-hydrogen) atoms. The highest BCUT2D eigenvalue weighted by atomic mass is 19.3. The number of rotatable bonds is 7. The van der Waals surface area contributed by atoms with Gasteiger partial charge in [-0.1, -0.05) is 5.21 Å². The van der Waals surface area contributed by atoms with Crippen molar-refractivity contribution < 1.29 is 32.3 Å². The van der Waals surface area contributed by atoms with Crippen molar-refractivity contribution in [1.29, 1.82) is 0 Å². The van der Waals surface area contributed by atoms with Gasteiger partial charge in [-0.15, -0.1) is 5.10 Å². The Morgan fingerprint density at radius 3 is 2.66 bits per heavy atom. The number of carbonyl (C=O) groups is 3. The van der Waals surface area contributed by atoms with Gasteiger partial charge in [-0.2, -0.15) is 0 Å². The van der Waals surface area contributed by atoms with E-state index in [1.54, 1.807) is 35.4 Å². The number of hydrogen-bond acceptors (Lipinski definition) is 7. The van der Waals surface area contributed by atoms with E-state index in [2.05, 4.69) is 25.9 Å². The molecule has 0 spiro atoms. The summed E-state index contributed by atoms with van der Waals surface area (Å²) < 4.78 is 47.9. The van der Waals surface area contributed by atoms with Gasteiger partial charge in [-0.05, 0) is 79.8 Å². The molecule has 1 aromatic carbocycles. The second-order valence-electron chi connectivity index (χ2n) is 12.8. The van der Waals surface area contributed by atoms with Crippen molar-refractivity contribution in [2.45, 2.75) is 63.3 Å². The number of nitrogens with zero attached hydrogens (tertiary/aromatic N) is 5. The number of hydrogen-bond donors (Lipinski definition) is 2. The number of nitrogens with one attached hydrogen (secondary N) is 2. The van der Waals surface area contributed by atoms with Crippen LogP contribution in [0.15, 0.2) is 48.8 Å². The van der Waals surface area contributed by atoms with E-state index in [-0.39, 0.29) is 79.1 Å². The summed E-state index contributed by atoms with van der Waals surface area (Å²) in [6, 6.07) is 7.96. The number of benzene rings is 1. The van der Waals surface area contributed by atoms with Crippen molar-refractivity contribution in [2.24, 2.45) is 17.8 Å². The second-order valence-corrected chi connectivity index (χ2v) is 12.8. The number of ether oxygens (including phenoxy) is 1. The van der Waals surface area contributed by atoms with Crippen LogP contribution in [0.2, 0.25) is 0 Å². The first-order valence-electron chi connectivity index (χ1n) is 16.1. The van der Waals surface area contributed by atoms with Gasteiger partial charge in [0.2, 0.25) is 23.6 Å². The first-order chi connectivity index (χ1) is 22.6. The molecule has 11 nitrogen and oxygen atoms in total. The van der Waals surface area contributed by atoms with E-state index in [4.69, 9.17) is 4.74 Å². The van der Waals surface area contributed by atoms with Gasteiger partial charge in [0.05, 0.1) is 24.2 Å². The summed E-state index contributed by atoms with van der Waals surface area (Å²) in [7, 11) is 0. The normalized spacial score (nSPS) is 23.5. The molecular weight excluding hydrogens is 615 g/mol. The topological polar surface area (TPSA) is 131 Å². The predicted octanol–water partition coefficient (Wildman–Crippen LogP) is 3.72. The highest BCUT2D eigenvalue weighted by Crippen LogP contribution is 2.36. The molecule has 2 aliphatic heterocycles. The van der Waals surface area contributed by atoms with Crippen LogP contribution in [0, 0.1) is 23.6 Å². The number of piperidine rings is 1. The molecule has 0 unspecified atom stereocenters. The zero-order valence-electron chi connectivity index (χ0n) is 25.9. The van der Waals surface area contributed by atoms with E-state index in [1.165, 1.54) is 23.0 Å². The average Bonchev–Trinajstić information content (AvgIpc) is 3.53. The Bertz CT molecular complexity index is 1570. The van der Waals surface area contributed by atoms with Gasteiger partial charge in [0.15, 0.2) is 0 Å². The van der Waals surface area contributed by atoms with Gasteiger partial charge in [0.25, 0.3) is 5.91 Å². The van der Waals surface area contributed by atoms with Crippen LogP contribution < -0.4 is 15.4 Å². The lowest BCUT2D eigenvalue weighted by atomic mass is 9.80. The monoisotopic (exact) mass is 653 g/mol. The van der Waals surface area contributed by atoms with Crippen LogP contribution in [0.4, 0.5) is 13.2 Å². The summed E-state index contributed by atoms with van der Waals surface area (Å²) in [5, 5.41) is 14.1. The number of amides is 3. The lowest BCUT2D eigenvalue weighted by Crippen LogP contribution is -2.54. The van der Waals surface area contributed by atoms with Gasteiger partial charge in [0, 0.05) is 51.5 Å². The Morgan fingerprint density at radius 1 is 1.09 bits per heavy atom. The molecule has 14 heteroatoms. The molecule has 250 valence electrons. The van der Waals surface area contributed by atoms with Crippen molar-refractivity contribution in [3.63, 3.8) is 0 Å². The van der Waals surface area contributed by atoms with Gasteiger partial charge < -0.3 is 20.3 Å². The number of fused-ring (bicyclic) bond motifs is 3. The van der Waals surface area contributed by atoms with Crippen molar-refractivity contribution >= 4 is 17.7 Å². The average molecular weight is 654 g/mol. The number of carbonyl (C=O) groups excluding carboxylic acids is 3. The summed E-state index contributed by atoms with van der Waals surface area (Å²) in [6.45, 7) is 1.41. The molecule has 6 rings (SSSR count). The summed E-state index contributed by atoms with van der Waals surface area (Å²) in [5.41, 5.74) is 1.23. The molecule has 2 fully saturated rings. The minimum Gasteiger partial charge on any atom is -0.477 e. The smallest absolute Gasteiger partial charge is 0.257 e. The molecule has 2 aromatic heterocycles. The Labute approximate surface area is 270 Å². The van der Waals surface area contributed by atoms with Gasteiger partial charge in [-0.25, -0.2) is 22.8 Å². The standard InChI is InChI=1S/C33H38F3N7O4/c34-24-3-5-26(6-4-24)43-20-25(40-41-43)17-28-32(46)42-14-9-22(16-29(44)38-18-21-7-11-33(35,36)12-8-21)23(19-42)10-15-47-31-27(30(45)39-28)2-1-13-37-31/h1-6,13,20-23,28H,7-12,14-19H2,(H,38,44)(H,39,45)/t22-,23-,28+/m0/s1. The Balaban J connectivity index is 1.16. The van der Waals surface area contributed by atoms with Crippen LogP contribution in [-0.2, 0) is 16.0 Å². The van der Waals surface area contributed by atoms with Crippen LogP contribution >= 0.6 is 0 Å². The van der Waals surface area contributed by atoms with E-state index < -0.39 is 17.9 Å². The fourth-order valence-corrected chi connectivity index (χ4v) is 6.71. The third-order valence-corrected chi connectivity index (χ3v) is 9.47. The minimum atomic E-state index is -2.61. The quantitative estimate of drug-likeness (QED) is 0.398. The van der Waals surface area contributed by atoms with E-state index in [9.17, 15) is 27.6 Å². The van der Waals surface area contributed by atoms with Crippen molar-refractivity contribution in [1.82, 2.24) is 35.5 Å². The molecule has 4 heterocycles. The maximum absolute atomic E-state index is 14.0. The number of alkyl halides is 2. The molecule has 3 aromatic rings. The van der Waals surface area contributed by atoms with Crippen molar-refractivity contribution in [3.05, 3.63) is 65.9 Å². The summed E-state index contributed by atoms with van der Waals surface area (Å²) in [5.74, 6) is -3.79. The lowest BCUT2D eigenvalue weighted by Gasteiger charge is -2.40. The SMILES string of the molecule is O=C(C[C@@H]1CCN2C[C@@H]1CCOc1ncccc1C(=O)N[C@H](Cc1cn(-c3ccc(F)cc3)nn1)C2=O)NCC1CCC(F)(F)CC1. The minimum absolute atomic E-state index is 0.0202. The maximum Gasteiger partial charge on any atom is 0.257 e. The molecule has 0 radical (unpaired) electrons. The highest BCUT2D eigenvalue weighted by molar-refractivity contribution is 5.99. The Kier molecular flexibility index (Phi) is 9.73. The summed E-state index contributed by atoms with van der Waals surface area (Å²) in [6.07, 6.45) is 5.09. The van der Waals surface area contributed by atoms with Crippen LogP contribution in [0.5, 0.6) is 5.88 Å². The predicted molar refractivity (Wildman–Crippen MR) is 163 cm³/mol. The Hall–Kier alpha value is -4.49. The molecular formula is C33H38F3N7O4. The molecule has 1 saturated carbocycles. The van der Waals surface area contributed by atoms with E-state index in [1.807, 2.05) is 0 Å². The van der Waals surface area contributed by atoms with Crippen LogP contribution in [-0.4, -0.2) is 80.8 Å². The molecule has 3 atom stereocenters. The number of aromatic nitrogens is 4. The van der Waals surface area contributed by atoms with Crippen LogP contribution in [0.25, 0.3) is 5.69 Å². The molecule has 2 N–H and O–H groups in total. The Morgan fingerprint density at radius 2 is 1.87 bits per heavy atom. The first kappa shape index (κ1) is 32.5. The van der Waals surface area contributed by atoms with E-state index >= 15 is 0 Å². The van der Waals surface area contributed by atoms with E-state index in [0.717, 1.165) is 0 Å². The fraction of sp³-hybridized carbons (Fsp3) is 0.515. The molecule has 3 amide bonds. The van der Waals surface area contributed by atoms with E-state index in [0.29, 0.717) is 56.7 Å². The zero-order valence-corrected chi connectivity index (χ0v) is 25.9. The van der Waals surface area contributed by atoms with Gasteiger partial charge >= 0.3 is 0 Å². The number of pyridine rings is 1. The summed E-state index contributed by atoms with van der Waals surface area (Å²) in [4.78, 5) is 46.4. The fourth-order valence-electron chi connectivity index (χ4n) is 6.71.